The lowest BCUT2D eigenvalue weighted by Crippen LogP contribution is -2.42. The van der Waals surface area contributed by atoms with Gasteiger partial charge in [-0.25, -0.2) is 8.42 Å². The number of carbonyl (C=O) groups excluding carboxylic acids is 1. The van der Waals surface area contributed by atoms with Crippen molar-refractivity contribution in [1.29, 1.82) is 0 Å². The van der Waals surface area contributed by atoms with Crippen molar-refractivity contribution < 1.29 is 13.2 Å². The first-order valence-corrected chi connectivity index (χ1v) is 9.85. The smallest absolute Gasteiger partial charge is 0.224 e. The van der Waals surface area contributed by atoms with E-state index in [1.807, 2.05) is 30.9 Å². The van der Waals surface area contributed by atoms with Gasteiger partial charge in [-0.3, -0.25) is 4.79 Å². The van der Waals surface area contributed by atoms with E-state index in [0.717, 1.165) is 18.4 Å². The first-order valence-electron chi connectivity index (χ1n) is 8.20. The normalized spacial score (nSPS) is 23.3. The van der Waals surface area contributed by atoms with E-state index < -0.39 is 9.84 Å². The predicted octanol–water partition coefficient (Wildman–Crippen LogP) is 1.51. The third-order valence-electron chi connectivity index (χ3n) is 4.52. The zero-order chi connectivity index (χ0) is 16.6. The Balaban J connectivity index is 1.57. The molecule has 0 spiro atoms. The van der Waals surface area contributed by atoms with Crippen LogP contribution in [0.3, 0.4) is 0 Å². The van der Waals surface area contributed by atoms with Crippen molar-refractivity contribution >= 4 is 15.7 Å². The molecule has 1 aromatic carbocycles. The number of likely N-dealkylation sites (tertiary alicyclic amines) is 1. The van der Waals surface area contributed by atoms with E-state index in [9.17, 15) is 13.2 Å². The van der Waals surface area contributed by atoms with Crippen LogP contribution in [0.5, 0.6) is 0 Å². The standard InChI is InChI=1S/C17H24N2O3S/c1-12-3-7-16(8-4-12)23(21,22)11-13(2)18-14-9-17(20)19(10-14)15-5-6-15/h3-4,7-8,13-15,18H,5-6,9-11H2,1-2H3/t13-,14+/m0/s1. The fourth-order valence-electron chi connectivity index (χ4n) is 3.20. The second-order valence-corrected chi connectivity index (χ2v) is 8.87. The summed E-state index contributed by atoms with van der Waals surface area (Å²) in [5.41, 5.74) is 1.04. The van der Waals surface area contributed by atoms with E-state index in [4.69, 9.17) is 0 Å². The van der Waals surface area contributed by atoms with Crippen molar-refractivity contribution in [2.75, 3.05) is 12.3 Å². The van der Waals surface area contributed by atoms with E-state index in [1.54, 1.807) is 12.1 Å². The van der Waals surface area contributed by atoms with Crippen LogP contribution in [0.25, 0.3) is 0 Å². The maximum Gasteiger partial charge on any atom is 0.224 e. The van der Waals surface area contributed by atoms with Gasteiger partial charge < -0.3 is 10.2 Å². The lowest BCUT2D eigenvalue weighted by atomic mass is 10.2. The van der Waals surface area contributed by atoms with Gasteiger partial charge in [0.25, 0.3) is 0 Å². The Labute approximate surface area is 138 Å². The Morgan fingerprint density at radius 1 is 1.26 bits per heavy atom. The van der Waals surface area contributed by atoms with Gasteiger partial charge in [-0.2, -0.15) is 0 Å². The molecule has 1 aromatic rings. The Morgan fingerprint density at radius 3 is 2.52 bits per heavy atom. The quantitative estimate of drug-likeness (QED) is 0.855. The predicted molar refractivity (Wildman–Crippen MR) is 89.0 cm³/mol. The molecule has 5 nitrogen and oxygen atoms in total. The van der Waals surface area contributed by atoms with Crippen molar-refractivity contribution in [2.45, 2.75) is 56.1 Å². The van der Waals surface area contributed by atoms with Crippen LogP contribution in [0.15, 0.2) is 29.2 Å². The van der Waals surface area contributed by atoms with Gasteiger partial charge in [0, 0.05) is 31.1 Å². The van der Waals surface area contributed by atoms with Gasteiger partial charge in [-0.15, -0.1) is 0 Å². The number of benzene rings is 1. The minimum atomic E-state index is -3.31. The molecule has 1 heterocycles. The highest BCUT2D eigenvalue weighted by Crippen LogP contribution is 2.30. The first kappa shape index (κ1) is 16.5. The van der Waals surface area contributed by atoms with E-state index in [1.165, 1.54) is 0 Å². The molecule has 1 saturated carbocycles. The van der Waals surface area contributed by atoms with Crippen LogP contribution in [0.1, 0.15) is 31.7 Å². The highest BCUT2D eigenvalue weighted by molar-refractivity contribution is 7.91. The summed E-state index contributed by atoms with van der Waals surface area (Å²) in [7, 11) is -3.31. The molecule has 0 aromatic heterocycles. The molecule has 126 valence electrons. The molecule has 1 aliphatic heterocycles. The van der Waals surface area contributed by atoms with Gasteiger partial charge in [0.1, 0.15) is 0 Å². The number of nitrogens with one attached hydrogen (secondary N) is 1. The molecule has 2 fully saturated rings. The Kier molecular flexibility index (Phi) is 4.47. The molecule has 1 amide bonds. The van der Waals surface area contributed by atoms with Gasteiger partial charge in [0.05, 0.1) is 10.6 Å². The average Bonchev–Trinajstić information content (AvgIpc) is 3.23. The van der Waals surface area contributed by atoms with Crippen LogP contribution in [0.4, 0.5) is 0 Å². The van der Waals surface area contributed by atoms with Crippen molar-refractivity contribution in [3.63, 3.8) is 0 Å². The van der Waals surface area contributed by atoms with Gasteiger partial charge in [-0.05, 0) is 38.8 Å². The number of hydrogen-bond acceptors (Lipinski definition) is 4. The molecule has 2 aliphatic rings. The lowest BCUT2D eigenvalue weighted by Gasteiger charge is -2.20. The minimum Gasteiger partial charge on any atom is -0.338 e. The number of aryl methyl sites for hydroxylation is 1. The maximum atomic E-state index is 12.5. The summed E-state index contributed by atoms with van der Waals surface area (Å²) in [6.07, 6.45) is 2.69. The van der Waals surface area contributed by atoms with E-state index in [2.05, 4.69) is 5.32 Å². The van der Waals surface area contributed by atoms with Crippen molar-refractivity contribution in [3.05, 3.63) is 29.8 Å². The van der Waals surface area contributed by atoms with E-state index >= 15 is 0 Å². The monoisotopic (exact) mass is 336 g/mol. The van der Waals surface area contributed by atoms with E-state index in [-0.39, 0.29) is 23.7 Å². The largest absolute Gasteiger partial charge is 0.338 e. The summed E-state index contributed by atoms with van der Waals surface area (Å²) in [4.78, 5) is 14.3. The molecule has 1 saturated heterocycles. The van der Waals surface area contributed by atoms with Crippen molar-refractivity contribution in [1.82, 2.24) is 10.2 Å². The van der Waals surface area contributed by atoms with Gasteiger partial charge in [0.2, 0.25) is 5.91 Å². The highest BCUT2D eigenvalue weighted by atomic mass is 32.2. The summed E-state index contributed by atoms with van der Waals surface area (Å²) in [6, 6.07) is 7.25. The number of amides is 1. The fourth-order valence-corrected chi connectivity index (χ4v) is 4.70. The number of sulfone groups is 1. The third kappa shape index (κ3) is 3.93. The van der Waals surface area contributed by atoms with Crippen LogP contribution < -0.4 is 5.32 Å². The Hall–Kier alpha value is -1.40. The van der Waals surface area contributed by atoms with Gasteiger partial charge in [0.15, 0.2) is 9.84 Å². The van der Waals surface area contributed by atoms with Crippen LogP contribution in [0.2, 0.25) is 0 Å². The molecular formula is C17H24N2O3S. The summed E-state index contributed by atoms with van der Waals surface area (Å²) in [6.45, 7) is 4.51. The minimum absolute atomic E-state index is 0.0458. The Bertz CT molecular complexity index is 680. The summed E-state index contributed by atoms with van der Waals surface area (Å²) in [5, 5.41) is 3.32. The molecule has 6 heteroatoms. The van der Waals surface area contributed by atoms with Crippen molar-refractivity contribution in [2.24, 2.45) is 0 Å². The molecule has 2 atom stereocenters. The summed E-state index contributed by atoms with van der Waals surface area (Å²) in [5.74, 6) is 0.239. The average molecular weight is 336 g/mol. The molecule has 1 N–H and O–H groups in total. The van der Waals surface area contributed by atoms with Crippen LogP contribution in [-0.4, -0.2) is 49.6 Å². The van der Waals surface area contributed by atoms with Crippen LogP contribution >= 0.6 is 0 Å². The number of carbonyl (C=O) groups is 1. The van der Waals surface area contributed by atoms with Crippen molar-refractivity contribution in [3.8, 4) is 0 Å². The van der Waals surface area contributed by atoms with Crippen LogP contribution in [0, 0.1) is 6.92 Å². The lowest BCUT2D eigenvalue weighted by molar-refractivity contribution is -0.128. The first-order chi connectivity index (χ1) is 10.8. The molecule has 1 aliphatic carbocycles. The number of rotatable bonds is 6. The van der Waals surface area contributed by atoms with E-state index in [0.29, 0.717) is 23.9 Å². The Morgan fingerprint density at radius 2 is 1.91 bits per heavy atom. The fraction of sp³-hybridized carbons (Fsp3) is 0.588. The summed E-state index contributed by atoms with van der Waals surface area (Å²) < 4.78 is 24.9. The molecular weight excluding hydrogens is 312 g/mol. The SMILES string of the molecule is Cc1ccc(S(=O)(=O)C[C@H](C)N[C@@H]2CC(=O)N(C3CC3)C2)cc1. The second-order valence-electron chi connectivity index (χ2n) is 6.84. The molecule has 0 bridgehead atoms. The maximum absolute atomic E-state index is 12.5. The van der Waals surface area contributed by atoms with Gasteiger partial charge in [-0.1, -0.05) is 17.7 Å². The molecule has 3 rings (SSSR count). The topological polar surface area (TPSA) is 66.5 Å². The molecule has 0 unspecified atom stereocenters. The highest BCUT2D eigenvalue weighted by Gasteiger charge is 2.39. The zero-order valence-corrected chi connectivity index (χ0v) is 14.5. The number of nitrogens with zero attached hydrogens (tertiary/aromatic N) is 1. The molecule has 0 radical (unpaired) electrons. The third-order valence-corrected chi connectivity index (χ3v) is 6.45. The second kappa shape index (κ2) is 6.24. The van der Waals surface area contributed by atoms with Crippen LogP contribution in [-0.2, 0) is 14.6 Å². The zero-order valence-electron chi connectivity index (χ0n) is 13.7. The van der Waals surface area contributed by atoms with Gasteiger partial charge >= 0.3 is 0 Å². The number of hydrogen-bond donors (Lipinski definition) is 1. The molecule has 23 heavy (non-hydrogen) atoms. The summed E-state index contributed by atoms with van der Waals surface area (Å²) >= 11 is 0.